The zero-order valence-electron chi connectivity index (χ0n) is 14.8. The Bertz CT molecular complexity index is 771. The average Bonchev–Trinajstić information content (AvgIpc) is 3.24. The molecule has 1 aromatic heterocycles. The molecule has 134 valence electrons. The summed E-state index contributed by atoms with van der Waals surface area (Å²) >= 11 is 0. The lowest BCUT2D eigenvalue weighted by atomic mass is 10.1. The number of amides is 2. The van der Waals surface area contributed by atoms with E-state index in [9.17, 15) is 9.59 Å². The molecular formula is C21H23N3O2. The van der Waals surface area contributed by atoms with Crippen LogP contribution < -0.4 is 0 Å². The minimum absolute atomic E-state index is 0.151. The molecule has 2 amide bonds. The number of likely N-dealkylation sites (tertiary alicyclic amines) is 1. The molecule has 0 saturated carbocycles. The summed E-state index contributed by atoms with van der Waals surface area (Å²) in [6.07, 6.45) is 7.93. The van der Waals surface area contributed by atoms with Gasteiger partial charge in [-0.05, 0) is 68.6 Å². The second-order valence-electron chi connectivity index (χ2n) is 6.99. The van der Waals surface area contributed by atoms with Crippen LogP contribution in [0.2, 0.25) is 0 Å². The van der Waals surface area contributed by atoms with Gasteiger partial charge in [0.2, 0.25) is 0 Å². The highest BCUT2D eigenvalue weighted by molar-refractivity contribution is 6.21. The summed E-state index contributed by atoms with van der Waals surface area (Å²) in [5, 5.41) is 0. The Morgan fingerprint density at radius 1 is 0.923 bits per heavy atom. The largest absolute Gasteiger partial charge is 0.296 e. The van der Waals surface area contributed by atoms with Crippen molar-refractivity contribution < 1.29 is 9.59 Å². The normalized spacial score (nSPS) is 20.0. The SMILES string of the molecule is O=C1c2ccccc2C(=O)N1CCCCN1CCC[C@H]1c1ccncc1. The Labute approximate surface area is 153 Å². The molecule has 0 unspecified atom stereocenters. The molecule has 1 atom stereocenters. The molecule has 1 saturated heterocycles. The van der Waals surface area contributed by atoms with E-state index in [1.165, 1.54) is 23.3 Å². The lowest BCUT2D eigenvalue weighted by Gasteiger charge is -2.25. The summed E-state index contributed by atoms with van der Waals surface area (Å²) in [7, 11) is 0. The van der Waals surface area contributed by atoms with Crippen molar-refractivity contribution in [1.82, 2.24) is 14.8 Å². The van der Waals surface area contributed by atoms with E-state index in [1.54, 1.807) is 24.3 Å². The maximum absolute atomic E-state index is 12.4. The number of unbranched alkanes of at least 4 members (excludes halogenated alkanes) is 1. The number of benzene rings is 1. The predicted molar refractivity (Wildman–Crippen MR) is 98.8 cm³/mol. The molecular weight excluding hydrogens is 326 g/mol. The number of aromatic nitrogens is 1. The topological polar surface area (TPSA) is 53.5 Å². The quantitative estimate of drug-likeness (QED) is 0.593. The highest BCUT2D eigenvalue weighted by Gasteiger charge is 2.34. The number of rotatable bonds is 6. The van der Waals surface area contributed by atoms with Crippen LogP contribution in [0.3, 0.4) is 0 Å². The average molecular weight is 349 g/mol. The van der Waals surface area contributed by atoms with E-state index in [0.717, 1.165) is 25.9 Å². The van der Waals surface area contributed by atoms with E-state index in [-0.39, 0.29) is 11.8 Å². The minimum Gasteiger partial charge on any atom is -0.296 e. The Morgan fingerprint density at radius 2 is 1.58 bits per heavy atom. The summed E-state index contributed by atoms with van der Waals surface area (Å²) in [4.78, 5) is 32.8. The lowest BCUT2D eigenvalue weighted by Crippen LogP contribution is -2.31. The van der Waals surface area contributed by atoms with Gasteiger partial charge in [-0.2, -0.15) is 0 Å². The lowest BCUT2D eigenvalue weighted by molar-refractivity contribution is 0.0650. The molecule has 2 aliphatic heterocycles. The van der Waals surface area contributed by atoms with Crippen LogP contribution in [0.4, 0.5) is 0 Å². The van der Waals surface area contributed by atoms with Gasteiger partial charge in [-0.3, -0.25) is 24.4 Å². The van der Waals surface area contributed by atoms with Crippen molar-refractivity contribution in [2.75, 3.05) is 19.6 Å². The van der Waals surface area contributed by atoms with Crippen LogP contribution >= 0.6 is 0 Å². The van der Waals surface area contributed by atoms with Gasteiger partial charge in [0.15, 0.2) is 0 Å². The molecule has 0 aliphatic carbocycles. The molecule has 0 radical (unpaired) electrons. The third-order valence-electron chi connectivity index (χ3n) is 5.41. The van der Waals surface area contributed by atoms with Crippen LogP contribution in [0, 0.1) is 0 Å². The molecule has 2 aliphatic rings. The minimum atomic E-state index is -0.151. The number of carbonyl (C=O) groups excluding carboxylic acids is 2. The van der Waals surface area contributed by atoms with Gasteiger partial charge in [-0.15, -0.1) is 0 Å². The standard InChI is InChI=1S/C21H23N3O2/c25-20-17-6-1-2-7-18(17)21(26)24(20)15-4-3-13-23-14-5-8-19(23)16-9-11-22-12-10-16/h1-2,6-7,9-12,19H,3-5,8,13-15H2/t19-/m0/s1. The summed E-state index contributed by atoms with van der Waals surface area (Å²) in [5.41, 5.74) is 2.41. The van der Waals surface area contributed by atoms with Crippen molar-refractivity contribution in [3.05, 3.63) is 65.5 Å². The zero-order chi connectivity index (χ0) is 17.9. The number of nitrogens with zero attached hydrogens (tertiary/aromatic N) is 3. The van der Waals surface area contributed by atoms with E-state index >= 15 is 0 Å². The highest BCUT2D eigenvalue weighted by atomic mass is 16.2. The van der Waals surface area contributed by atoms with Gasteiger partial charge < -0.3 is 0 Å². The van der Waals surface area contributed by atoms with E-state index in [4.69, 9.17) is 0 Å². The zero-order valence-corrected chi connectivity index (χ0v) is 14.8. The molecule has 0 bridgehead atoms. The predicted octanol–water partition coefficient (Wildman–Crippen LogP) is 3.29. The Morgan fingerprint density at radius 3 is 2.27 bits per heavy atom. The van der Waals surface area contributed by atoms with Gasteiger partial charge in [0.05, 0.1) is 11.1 Å². The van der Waals surface area contributed by atoms with Gasteiger partial charge in [-0.25, -0.2) is 0 Å². The fraction of sp³-hybridized carbons (Fsp3) is 0.381. The Balaban J connectivity index is 1.30. The highest BCUT2D eigenvalue weighted by Crippen LogP contribution is 2.31. The van der Waals surface area contributed by atoms with E-state index in [1.807, 2.05) is 12.4 Å². The van der Waals surface area contributed by atoms with E-state index < -0.39 is 0 Å². The second-order valence-corrected chi connectivity index (χ2v) is 6.99. The van der Waals surface area contributed by atoms with Crippen molar-refractivity contribution in [3.8, 4) is 0 Å². The molecule has 1 fully saturated rings. The fourth-order valence-electron chi connectivity index (χ4n) is 4.08. The maximum atomic E-state index is 12.4. The van der Waals surface area contributed by atoms with Gasteiger partial charge in [0, 0.05) is 25.0 Å². The number of hydrogen-bond donors (Lipinski definition) is 0. The summed E-state index contributed by atoms with van der Waals surface area (Å²) in [5.74, 6) is -0.303. The first kappa shape index (κ1) is 16.9. The molecule has 2 aromatic rings. The molecule has 4 rings (SSSR count). The fourth-order valence-corrected chi connectivity index (χ4v) is 4.08. The Kier molecular flexibility index (Phi) is 4.80. The number of fused-ring (bicyclic) bond motifs is 1. The Hall–Kier alpha value is -2.53. The monoisotopic (exact) mass is 349 g/mol. The molecule has 0 N–H and O–H groups in total. The van der Waals surface area contributed by atoms with Crippen LogP contribution in [0.25, 0.3) is 0 Å². The van der Waals surface area contributed by atoms with Crippen LogP contribution in [-0.4, -0.2) is 46.2 Å². The van der Waals surface area contributed by atoms with Gasteiger partial charge in [0.1, 0.15) is 0 Å². The third-order valence-corrected chi connectivity index (χ3v) is 5.41. The van der Waals surface area contributed by atoms with Crippen molar-refractivity contribution in [2.24, 2.45) is 0 Å². The summed E-state index contributed by atoms with van der Waals surface area (Å²) in [6, 6.07) is 11.7. The number of carbonyl (C=O) groups is 2. The first-order valence-corrected chi connectivity index (χ1v) is 9.35. The molecule has 5 heteroatoms. The first-order valence-electron chi connectivity index (χ1n) is 9.35. The van der Waals surface area contributed by atoms with Crippen LogP contribution in [0.5, 0.6) is 0 Å². The van der Waals surface area contributed by atoms with Crippen molar-refractivity contribution in [2.45, 2.75) is 31.7 Å². The summed E-state index contributed by atoms with van der Waals surface area (Å²) in [6.45, 7) is 2.61. The van der Waals surface area contributed by atoms with Crippen LogP contribution in [0.15, 0.2) is 48.8 Å². The van der Waals surface area contributed by atoms with Crippen molar-refractivity contribution in [3.63, 3.8) is 0 Å². The molecule has 0 spiro atoms. The van der Waals surface area contributed by atoms with Crippen molar-refractivity contribution in [1.29, 1.82) is 0 Å². The van der Waals surface area contributed by atoms with E-state index in [0.29, 0.717) is 23.7 Å². The second kappa shape index (κ2) is 7.38. The van der Waals surface area contributed by atoms with Gasteiger partial charge >= 0.3 is 0 Å². The molecule has 5 nitrogen and oxygen atoms in total. The van der Waals surface area contributed by atoms with Gasteiger partial charge in [0.25, 0.3) is 11.8 Å². The maximum Gasteiger partial charge on any atom is 0.261 e. The van der Waals surface area contributed by atoms with Crippen LogP contribution in [-0.2, 0) is 0 Å². The van der Waals surface area contributed by atoms with Gasteiger partial charge in [-0.1, -0.05) is 12.1 Å². The molecule has 26 heavy (non-hydrogen) atoms. The summed E-state index contributed by atoms with van der Waals surface area (Å²) < 4.78 is 0. The smallest absolute Gasteiger partial charge is 0.261 e. The first-order chi connectivity index (χ1) is 12.8. The van der Waals surface area contributed by atoms with Crippen molar-refractivity contribution >= 4 is 11.8 Å². The number of hydrogen-bond acceptors (Lipinski definition) is 4. The van der Waals surface area contributed by atoms with Crippen LogP contribution in [0.1, 0.15) is 58.0 Å². The number of pyridine rings is 1. The molecule has 1 aromatic carbocycles. The third kappa shape index (κ3) is 3.15. The number of imide groups is 1. The molecule has 3 heterocycles. The van der Waals surface area contributed by atoms with E-state index in [2.05, 4.69) is 22.0 Å².